The fourth-order valence-electron chi connectivity index (χ4n) is 1.77. The smallest absolute Gasteiger partial charge is 0.328 e. The fourth-order valence-corrected chi connectivity index (χ4v) is 1.77. The number of carbonyl (C=O) groups is 2. The molecule has 0 bridgehead atoms. The molecule has 6 nitrogen and oxygen atoms in total. The third-order valence-corrected chi connectivity index (χ3v) is 2.70. The number of morpholine rings is 1. The van der Waals surface area contributed by atoms with E-state index < -0.39 is 18.0 Å². The van der Waals surface area contributed by atoms with Gasteiger partial charge in [-0.1, -0.05) is 18.2 Å². The highest BCUT2D eigenvalue weighted by atomic mass is 16.5. The number of hydrogen-bond donors (Lipinski definition) is 2. The number of urea groups is 1. The summed E-state index contributed by atoms with van der Waals surface area (Å²) in [5.74, 6) is -1.06. The maximum atomic E-state index is 12.0. The van der Waals surface area contributed by atoms with Crippen LogP contribution >= 0.6 is 0 Å². The van der Waals surface area contributed by atoms with Gasteiger partial charge in [-0.2, -0.15) is 0 Å². The van der Waals surface area contributed by atoms with Gasteiger partial charge in [-0.05, 0) is 12.1 Å². The Morgan fingerprint density at radius 2 is 2.06 bits per heavy atom. The van der Waals surface area contributed by atoms with Crippen molar-refractivity contribution in [2.24, 2.45) is 0 Å². The minimum atomic E-state index is -1.06. The van der Waals surface area contributed by atoms with Crippen LogP contribution < -0.4 is 5.32 Å². The van der Waals surface area contributed by atoms with Crippen molar-refractivity contribution >= 4 is 17.7 Å². The molecule has 2 N–H and O–H groups in total. The normalized spacial score (nSPS) is 19.3. The molecule has 0 aliphatic carbocycles. The van der Waals surface area contributed by atoms with Crippen molar-refractivity contribution in [3.63, 3.8) is 0 Å². The van der Waals surface area contributed by atoms with Crippen LogP contribution in [0.15, 0.2) is 30.3 Å². The van der Waals surface area contributed by atoms with E-state index >= 15 is 0 Å². The van der Waals surface area contributed by atoms with Crippen molar-refractivity contribution in [2.75, 3.05) is 25.1 Å². The van der Waals surface area contributed by atoms with Gasteiger partial charge in [0.2, 0.25) is 0 Å². The SMILES string of the molecule is O=C(O)C1COCCN1C(=O)Nc1ccccc1. The lowest BCUT2D eigenvalue weighted by Crippen LogP contribution is -2.53. The number of anilines is 1. The molecule has 0 radical (unpaired) electrons. The molecule has 96 valence electrons. The van der Waals surface area contributed by atoms with E-state index in [0.717, 1.165) is 0 Å². The van der Waals surface area contributed by atoms with E-state index in [1.165, 1.54) is 4.90 Å². The summed E-state index contributed by atoms with van der Waals surface area (Å²) in [6, 6.07) is 7.57. The molecule has 1 aromatic rings. The van der Waals surface area contributed by atoms with Gasteiger partial charge in [-0.15, -0.1) is 0 Å². The van der Waals surface area contributed by atoms with Gasteiger partial charge < -0.3 is 20.1 Å². The second-order valence-corrected chi connectivity index (χ2v) is 3.92. The van der Waals surface area contributed by atoms with Gasteiger partial charge in [0.1, 0.15) is 0 Å². The highest BCUT2D eigenvalue weighted by Crippen LogP contribution is 2.11. The number of carboxylic acid groups (broad SMARTS) is 1. The van der Waals surface area contributed by atoms with Crippen LogP contribution in [0.3, 0.4) is 0 Å². The number of para-hydroxylation sites is 1. The first kappa shape index (κ1) is 12.4. The lowest BCUT2D eigenvalue weighted by atomic mass is 10.2. The van der Waals surface area contributed by atoms with E-state index in [4.69, 9.17) is 9.84 Å². The summed E-state index contributed by atoms with van der Waals surface area (Å²) in [6.45, 7) is 0.652. The molecule has 2 amide bonds. The Hall–Kier alpha value is -2.08. The van der Waals surface area contributed by atoms with Crippen LogP contribution in [0.25, 0.3) is 0 Å². The summed E-state index contributed by atoms with van der Waals surface area (Å²) in [5, 5.41) is 11.7. The third-order valence-electron chi connectivity index (χ3n) is 2.70. The van der Waals surface area contributed by atoms with Crippen LogP contribution in [-0.4, -0.2) is 47.8 Å². The summed E-state index contributed by atoms with van der Waals surface area (Å²) in [7, 11) is 0. The van der Waals surface area contributed by atoms with Gasteiger partial charge in [0.25, 0.3) is 0 Å². The molecule has 1 aliphatic rings. The van der Waals surface area contributed by atoms with E-state index in [1.807, 2.05) is 6.07 Å². The Kier molecular flexibility index (Phi) is 3.78. The van der Waals surface area contributed by atoms with Crippen molar-refractivity contribution in [2.45, 2.75) is 6.04 Å². The zero-order valence-corrected chi connectivity index (χ0v) is 9.70. The predicted molar refractivity (Wildman–Crippen MR) is 64.4 cm³/mol. The summed E-state index contributed by atoms with van der Waals surface area (Å²) in [6.07, 6.45) is 0. The standard InChI is InChI=1S/C12H14N2O4/c15-11(16)10-8-18-7-6-14(10)12(17)13-9-4-2-1-3-5-9/h1-5,10H,6-8H2,(H,13,17)(H,15,16). The minimum absolute atomic E-state index is 0.0253. The molecule has 2 rings (SSSR count). The molecule has 1 fully saturated rings. The van der Waals surface area contributed by atoms with E-state index in [9.17, 15) is 9.59 Å². The molecule has 0 saturated carbocycles. The Morgan fingerprint density at radius 3 is 2.72 bits per heavy atom. The number of amides is 2. The van der Waals surface area contributed by atoms with Crippen molar-refractivity contribution in [3.8, 4) is 0 Å². The number of carbonyl (C=O) groups excluding carboxylic acids is 1. The summed E-state index contributed by atoms with van der Waals surface area (Å²) in [4.78, 5) is 24.3. The van der Waals surface area contributed by atoms with Crippen LogP contribution in [0.2, 0.25) is 0 Å². The van der Waals surface area contributed by atoms with Crippen LogP contribution in [0.5, 0.6) is 0 Å². The highest BCUT2D eigenvalue weighted by molar-refractivity contribution is 5.92. The molecule has 1 aromatic carbocycles. The molecule has 0 spiro atoms. The van der Waals surface area contributed by atoms with Gasteiger partial charge in [0, 0.05) is 12.2 Å². The van der Waals surface area contributed by atoms with Gasteiger partial charge in [-0.25, -0.2) is 9.59 Å². The monoisotopic (exact) mass is 250 g/mol. The average molecular weight is 250 g/mol. The molecular weight excluding hydrogens is 236 g/mol. The Balaban J connectivity index is 2.05. The average Bonchev–Trinajstić information content (AvgIpc) is 2.40. The predicted octanol–water partition coefficient (Wildman–Crippen LogP) is 1.00. The van der Waals surface area contributed by atoms with E-state index in [1.54, 1.807) is 24.3 Å². The molecule has 1 saturated heterocycles. The molecule has 18 heavy (non-hydrogen) atoms. The summed E-state index contributed by atoms with van der Waals surface area (Å²) < 4.78 is 5.07. The number of hydrogen-bond acceptors (Lipinski definition) is 3. The molecule has 0 aromatic heterocycles. The third kappa shape index (κ3) is 2.78. The molecular formula is C12H14N2O4. The van der Waals surface area contributed by atoms with E-state index in [0.29, 0.717) is 12.3 Å². The molecule has 1 heterocycles. The second kappa shape index (κ2) is 5.50. The zero-order valence-electron chi connectivity index (χ0n) is 9.70. The topological polar surface area (TPSA) is 78.9 Å². The Labute approximate surface area is 104 Å². The van der Waals surface area contributed by atoms with Crippen molar-refractivity contribution < 1.29 is 19.4 Å². The van der Waals surface area contributed by atoms with Gasteiger partial charge in [0.05, 0.1) is 13.2 Å². The van der Waals surface area contributed by atoms with Gasteiger partial charge in [0.15, 0.2) is 6.04 Å². The number of aliphatic carboxylic acids is 1. The zero-order chi connectivity index (χ0) is 13.0. The van der Waals surface area contributed by atoms with Crippen LogP contribution in [-0.2, 0) is 9.53 Å². The van der Waals surface area contributed by atoms with E-state index in [-0.39, 0.29) is 13.2 Å². The lowest BCUT2D eigenvalue weighted by molar-refractivity contribution is -0.147. The van der Waals surface area contributed by atoms with Crippen LogP contribution in [0.1, 0.15) is 0 Å². The van der Waals surface area contributed by atoms with E-state index in [2.05, 4.69) is 5.32 Å². The molecule has 1 aliphatic heterocycles. The number of nitrogens with one attached hydrogen (secondary N) is 1. The number of ether oxygens (including phenoxy) is 1. The van der Waals surface area contributed by atoms with Gasteiger partial charge >= 0.3 is 12.0 Å². The maximum Gasteiger partial charge on any atom is 0.328 e. The quantitative estimate of drug-likeness (QED) is 0.820. The molecule has 1 unspecified atom stereocenters. The van der Waals surface area contributed by atoms with Crippen LogP contribution in [0.4, 0.5) is 10.5 Å². The minimum Gasteiger partial charge on any atom is -0.480 e. The van der Waals surface area contributed by atoms with Crippen molar-refractivity contribution in [3.05, 3.63) is 30.3 Å². The first-order chi connectivity index (χ1) is 8.68. The number of nitrogens with zero attached hydrogens (tertiary/aromatic N) is 1. The Bertz CT molecular complexity index is 435. The van der Waals surface area contributed by atoms with Crippen molar-refractivity contribution in [1.29, 1.82) is 0 Å². The number of rotatable bonds is 2. The number of carboxylic acids is 1. The largest absolute Gasteiger partial charge is 0.480 e. The van der Waals surface area contributed by atoms with Gasteiger partial charge in [-0.3, -0.25) is 0 Å². The Morgan fingerprint density at radius 1 is 1.33 bits per heavy atom. The van der Waals surface area contributed by atoms with Crippen molar-refractivity contribution in [1.82, 2.24) is 4.90 Å². The second-order valence-electron chi connectivity index (χ2n) is 3.92. The first-order valence-corrected chi connectivity index (χ1v) is 5.61. The summed E-state index contributed by atoms with van der Waals surface area (Å²) >= 11 is 0. The lowest BCUT2D eigenvalue weighted by Gasteiger charge is -2.32. The maximum absolute atomic E-state index is 12.0. The summed E-state index contributed by atoms with van der Waals surface area (Å²) in [5.41, 5.74) is 0.637. The first-order valence-electron chi connectivity index (χ1n) is 5.61. The molecule has 1 atom stereocenters. The van der Waals surface area contributed by atoms with Crippen LogP contribution in [0, 0.1) is 0 Å². The molecule has 6 heteroatoms. The highest BCUT2D eigenvalue weighted by Gasteiger charge is 2.32. The number of benzene rings is 1. The fraction of sp³-hybridized carbons (Fsp3) is 0.333.